The summed E-state index contributed by atoms with van der Waals surface area (Å²) in [5.41, 5.74) is 3.01. The Balaban J connectivity index is 1.68. The lowest BCUT2D eigenvalue weighted by Gasteiger charge is -2.58. The van der Waals surface area contributed by atoms with Gasteiger partial charge in [-0.3, -0.25) is 0 Å². The summed E-state index contributed by atoms with van der Waals surface area (Å²) in [5, 5.41) is 19.7. The maximum atomic E-state index is 10.5. The number of nitrogens with zero attached hydrogens (tertiary/aromatic N) is 1. The minimum absolute atomic E-state index is 0.263. The zero-order valence-electron chi connectivity index (χ0n) is 15.4. The smallest absolute Gasteiger partial charge is 0.0911 e. The molecule has 0 heterocycles. The number of aliphatic hydroxyl groups is 1. The van der Waals surface area contributed by atoms with Gasteiger partial charge in [0.05, 0.1) is 11.7 Å². The van der Waals surface area contributed by atoms with Gasteiger partial charge < -0.3 is 5.11 Å². The van der Waals surface area contributed by atoms with Gasteiger partial charge in [0, 0.05) is 6.08 Å². The van der Waals surface area contributed by atoms with Gasteiger partial charge in [0.1, 0.15) is 0 Å². The highest BCUT2D eigenvalue weighted by atomic mass is 16.3. The average Bonchev–Trinajstić information content (AvgIpc) is 2.85. The molecule has 2 nitrogen and oxygen atoms in total. The first-order valence-corrected chi connectivity index (χ1v) is 9.81. The molecule has 0 radical (unpaired) electrons. The number of allylic oxidation sites excluding steroid dienone is 3. The van der Waals surface area contributed by atoms with Crippen LogP contribution in [0.25, 0.3) is 0 Å². The van der Waals surface area contributed by atoms with Crippen LogP contribution in [0, 0.1) is 39.9 Å². The van der Waals surface area contributed by atoms with E-state index >= 15 is 0 Å². The predicted octanol–water partition coefficient (Wildman–Crippen LogP) is 5.15. The lowest BCUT2D eigenvalue weighted by atomic mass is 9.47. The van der Waals surface area contributed by atoms with Crippen LogP contribution in [0.3, 0.4) is 0 Å². The van der Waals surface area contributed by atoms with E-state index in [1.807, 2.05) is 13.0 Å². The van der Waals surface area contributed by atoms with Crippen molar-refractivity contribution >= 4 is 0 Å². The maximum absolute atomic E-state index is 10.5. The molecule has 130 valence electrons. The van der Waals surface area contributed by atoms with E-state index in [4.69, 9.17) is 5.26 Å². The van der Waals surface area contributed by atoms with Crippen LogP contribution in [0.2, 0.25) is 0 Å². The Morgan fingerprint density at radius 1 is 1.12 bits per heavy atom. The van der Waals surface area contributed by atoms with Crippen molar-refractivity contribution in [1.29, 1.82) is 5.26 Å². The Bertz CT molecular complexity index is 651. The molecule has 0 amide bonds. The van der Waals surface area contributed by atoms with E-state index in [-0.39, 0.29) is 5.41 Å². The first kappa shape index (κ1) is 16.4. The van der Waals surface area contributed by atoms with Gasteiger partial charge in [0.25, 0.3) is 0 Å². The van der Waals surface area contributed by atoms with Crippen molar-refractivity contribution in [2.75, 3.05) is 0 Å². The van der Waals surface area contributed by atoms with E-state index in [0.29, 0.717) is 5.41 Å². The maximum Gasteiger partial charge on any atom is 0.0911 e. The van der Waals surface area contributed by atoms with Crippen molar-refractivity contribution in [3.05, 3.63) is 23.3 Å². The molecule has 2 heteroatoms. The third kappa shape index (κ3) is 2.17. The lowest BCUT2D eigenvalue weighted by molar-refractivity contribution is -0.0504. The minimum Gasteiger partial charge on any atom is -0.390 e. The van der Waals surface area contributed by atoms with Crippen LogP contribution in [-0.2, 0) is 0 Å². The summed E-state index contributed by atoms with van der Waals surface area (Å²) in [5.74, 6) is 2.28. The van der Waals surface area contributed by atoms with Crippen LogP contribution in [0.15, 0.2) is 23.3 Å². The zero-order valence-corrected chi connectivity index (χ0v) is 15.4. The monoisotopic (exact) mass is 325 g/mol. The van der Waals surface area contributed by atoms with Gasteiger partial charge in [-0.05, 0) is 86.9 Å². The third-order valence-electron chi connectivity index (χ3n) is 8.47. The summed E-state index contributed by atoms with van der Waals surface area (Å²) in [6.07, 6.45) is 13.4. The first-order valence-electron chi connectivity index (χ1n) is 9.81. The Labute approximate surface area is 146 Å². The molecular weight excluding hydrogens is 294 g/mol. The largest absolute Gasteiger partial charge is 0.390 e. The number of hydrogen-bond donors (Lipinski definition) is 1. The number of hydrogen-bond acceptors (Lipinski definition) is 2. The molecule has 4 aliphatic rings. The second-order valence-electron chi connectivity index (χ2n) is 9.73. The first-order chi connectivity index (χ1) is 11.3. The summed E-state index contributed by atoms with van der Waals surface area (Å²) >= 11 is 0. The predicted molar refractivity (Wildman–Crippen MR) is 96.0 cm³/mol. The fraction of sp³-hybridized carbons (Fsp3) is 0.773. The van der Waals surface area contributed by atoms with Crippen LogP contribution in [-0.4, -0.2) is 10.7 Å². The summed E-state index contributed by atoms with van der Waals surface area (Å²) < 4.78 is 0. The van der Waals surface area contributed by atoms with Gasteiger partial charge in [-0.1, -0.05) is 31.1 Å². The molecule has 0 saturated heterocycles. The van der Waals surface area contributed by atoms with Crippen molar-refractivity contribution in [3.63, 3.8) is 0 Å². The van der Waals surface area contributed by atoms with Gasteiger partial charge in [0.15, 0.2) is 0 Å². The van der Waals surface area contributed by atoms with Crippen molar-refractivity contribution in [3.8, 4) is 6.07 Å². The van der Waals surface area contributed by atoms with E-state index in [1.165, 1.54) is 36.8 Å². The molecule has 24 heavy (non-hydrogen) atoms. The summed E-state index contributed by atoms with van der Waals surface area (Å²) in [7, 11) is 0. The summed E-state index contributed by atoms with van der Waals surface area (Å²) in [4.78, 5) is 0. The topological polar surface area (TPSA) is 44.0 Å². The number of fused-ring (bicyclic) bond motifs is 5. The van der Waals surface area contributed by atoms with Crippen molar-refractivity contribution in [2.24, 2.45) is 28.6 Å². The van der Waals surface area contributed by atoms with E-state index in [1.54, 1.807) is 0 Å². The van der Waals surface area contributed by atoms with Crippen LogP contribution in [0.4, 0.5) is 0 Å². The molecule has 3 fully saturated rings. The Kier molecular flexibility index (Phi) is 3.56. The molecule has 0 bridgehead atoms. The summed E-state index contributed by atoms with van der Waals surface area (Å²) in [6, 6.07) is 2.30. The molecule has 3 unspecified atom stereocenters. The Morgan fingerprint density at radius 2 is 1.88 bits per heavy atom. The highest BCUT2D eigenvalue weighted by molar-refractivity contribution is 5.31. The standard InChI is InChI=1S/C22H31NO/c1-20(24)11-12-22(3)16(14-20)4-6-17-18-7-5-15(9-13-23)21(18,2)10-8-19(17)22/h4,9,17-19,24H,5-8,10-12,14H2,1-3H3/b15-9-/t17?,18-,19-,20+,21?,22?/m0/s1. The molecule has 0 aliphatic heterocycles. The summed E-state index contributed by atoms with van der Waals surface area (Å²) in [6.45, 7) is 6.92. The van der Waals surface area contributed by atoms with E-state index < -0.39 is 5.60 Å². The normalized spacial score (nSPS) is 52.0. The lowest BCUT2D eigenvalue weighted by Crippen LogP contribution is -2.51. The van der Waals surface area contributed by atoms with Gasteiger partial charge in [-0.15, -0.1) is 0 Å². The quantitative estimate of drug-likeness (QED) is 0.494. The molecule has 0 aromatic carbocycles. The number of rotatable bonds is 0. The number of nitriles is 1. The van der Waals surface area contributed by atoms with Crippen LogP contribution in [0.1, 0.15) is 72.1 Å². The van der Waals surface area contributed by atoms with Gasteiger partial charge in [-0.25, -0.2) is 0 Å². The second kappa shape index (κ2) is 5.21. The minimum atomic E-state index is -0.503. The second-order valence-corrected chi connectivity index (χ2v) is 9.73. The van der Waals surface area contributed by atoms with Crippen molar-refractivity contribution in [2.45, 2.75) is 77.7 Å². The SMILES string of the molecule is CC12CC[C@@](C)(O)CC1=CCC1[C@@H]2CCC2(C)/C(=C\C#N)CC[C@@H]12. The molecule has 4 aliphatic carbocycles. The molecule has 3 saturated carbocycles. The molecule has 0 spiro atoms. The van der Waals surface area contributed by atoms with Crippen LogP contribution < -0.4 is 0 Å². The Hall–Kier alpha value is -1.07. The van der Waals surface area contributed by atoms with Gasteiger partial charge in [0.2, 0.25) is 0 Å². The fourth-order valence-corrected chi connectivity index (χ4v) is 6.97. The zero-order chi connectivity index (χ0) is 17.2. The van der Waals surface area contributed by atoms with E-state index in [2.05, 4.69) is 26.0 Å². The molecule has 4 rings (SSSR count). The van der Waals surface area contributed by atoms with Crippen LogP contribution in [0.5, 0.6) is 0 Å². The molecule has 1 N–H and O–H groups in total. The van der Waals surface area contributed by atoms with Crippen molar-refractivity contribution < 1.29 is 5.11 Å². The van der Waals surface area contributed by atoms with Crippen LogP contribution >= 0.6 is 0 Å². The highest BCUT2D eigenvalue weighted by Crippen LogP contribution is 2.66. The molecule has 0 aromatic heterocycles. The fourth-order valence-electron chi connectivity index (χ4n) is 6.97. The van der Waals surface area contributed by atoms with E-state index in [0.717, 1.165) is 43.4 Å². The highest BCUT2D eigenvalue weighted by Gasteiger charge is 2.57. The molecular formula is C22H31NO. The van der Waals surface area contributed by atoms with Gasteiger partial charge >= 0.3 is 0 Å². The Morgan fingerprint density at radius 3 is 2.62 bits per heavy atom. The van der Waals surface area contributed by atoms with E-state index in [9.17, 15) is 5.11 Å². The molecule has 6 atom stereocenters. The molecule has 0 aromatic rings. The van der Waals surface area contributed by atoms with Crippen molar-refractivity contribution in [1.82, 2.24) is 0 Å². The average molecular weight is 325 g/mol. The van der Waals surface area contributed by atoms with Gasteiger partial charge in [-0.2, -0.15) is 5.26 Å². The third-order valence-corrected chi connectivity index (χ3v) is 8.47.